The maximum Gasteiger partial charge on any atom is 0.210 e. The third kappa shape index (κ3) is 19.9. The third-order valence-electron chi connectivity index (χ3n) is 3.30. The van der Waals surface area contributed by atoms with Gasteiger partial charge in [0, 0.05) is 19.6 Å². The minimum atomic E-state index is -3.42. The van der Waals surface area contributed by atoms with Gasteiger partial charge in [-0.1, -0.05) is 51.9 Å². The molecule has 0 rings (SSSR count). The molecule has 0 aromatic carbocycles. The highest BCUT2D eigenvalue weighted by Gasteiger charge is 2.03. The minimum absolute atomic E-state index is 0. The van der Waals surface area contributed by atoms with Crippen LogP contribution in [0.2, 0.25) is 0 Å². The van der Waals surface area contributed by atoms with E-state index in [9.17, 15) is 8.42 Å². The molecule has 0 saturated heterocycles. The van der Waals surface area contributed by atoms with Crippen LogP contribution in [-0.4, -0.2) is 39.8 Å². The zero-order valence-electron chi connectivity index (χ0n) is 14.6. The number of primary sulfonamides is 1. The summed E-state index contributed by atoms with van der Waals surface area (Å²) < 4.78 is 21.7. The van der Waals surface area contributed by atoms with E-state index in [1.54, 1.807) is 0 Å². The Bertz CT molecular complexity index is 389. The van der Waals surface area contributed by atoms with Crippen LogP contribution in [0.25, 0.3) is 0 Å². The summed E-state index contributed by atoms with van der Waals surface area (Å²) in [7, 11) is -3.42. The van der Waals surface area contributed by atoms with Gasteiger partial charge in [0.2, 0.25) is 10.0 Å². The number of nitrogens with one attached hydrogen (secondary N) is 2. The van der Waals surface area contributed by atoms with Crippen LogP contribution in [-0.2, 0) is 10.0 Å². The Morgan fingerprint density at radius 3 is 2.04 bits per heavy atom. The summed E-state index contributed by atoms with van der Waals surface area (Å²) in [4.78, 5) is 4.44. The molecule has 0 atom stereocenters. The summed E-state index contributed by atoms with van der Waals surface area (Å²) in [5, 5.41) is 11.0. The first-order valence-electron chi connectivity index (χ1n) is 8.52. The van der Waals surface area contributed by atoms with Gasteiger partial charge in [0.15, 0.2) is 5.96 Å². The number of nitrogens with zero attached hydrogens (tertiary/aromatic N) is 1. The Labute approximate surface area is 159 Å². The molecule has 0 unspecified atom stereocenters. The number of hydrogen-bond acceptors (Lipinski definition) is 3. The summed E-state index contributed by atoms with van der Waals surface area (Å²) in [6, 6.07) is 0. The molecule has 0 heterocycles. The topological polar surface area (TPSA) is 96.6 Å². The summed E-state index contributed by atoms with van der Waals surface area (Å²) in [6.07, 6.45) is 10.2. The maximum absolute atomic E-state index is 10.9. The zero-order valence-corrected chi connectivity index (χ0v) is 17.8. The fourth-order valence-corrected chi connectivity index (χ4v) is 2.48. The molecule has 0 radical (unpaired) electrons. The van der Waals surface area contributed by atoms with Gasteiger partial charge in [0.1, 0.15) is 0 Å². The first kappa shape index (κ1) is 25.2. The van der Waals surface area contributed by atoms with Crippen LogP contribution in [0.15, 0.2) is 4.99 Å². The van der Waals surface area contributed by atoms with E-state index in [2.05, 4.69) is 22.5 Å². The van der Waals surface area contributed by atoms with Crippen LogP contribution >= 0.6 is 24.0 Å². The number of unbranched alkanes of at least 4 members (excludes halogenated alkanes) is 7. The second kappa shape index (κ2) is 16.8. The van der Waals surface area contributed by atoms with Crippen molar-refractivity contribution >= 4 is 40.0 Å². The first-order valence-corrected chi connectivity index (χ1v) is 10.2. The largest absolute Gasteiger partial charge is 0.357 e. The van der Waals surface area contributed by atoms with Gasteiger partial charge in [-0.3, -0.25) is 4.99 Å². The fraction of sp³-hybridized carbons (Fsp3) is 0.933. The molecular weight excluding hydrogens is 427 g/mol. The Balaban J connectivity index is 0. The van der Waals surface area contributed by atoms with E-state index < -0.39 is 10.0 Å². The van der Waals surface area contributed by atoms with Gasteiger partial charge in [-0.05, 0) is 13.3 Å². The predicted octanol–water partition coefficient (Wildman–Crippen LogP) is 2.59. The molecule has 23 heavy (non-hydrogen) atoms. The number of guanidine groups is 1. The van der Waals surface area contributed by atoms with Crippen molar-refractivity contribution in [3.05, 3.63) is 0 Å². The monoisotopic (exact) mass is 462 g/mol. The van der Waals surface area contributed by atoms with Crippen LogP contribution < -0.4 is 15.8 Å². The molecule has 0 aromatic heterocycles. The molecule has 0 bridgehead atoms. The quantitative estimate of drug-likeness (QED) is 0.170. The molecule has 140 valence electrons. The first-order chi connectivity index (χ1) is 10.5. The standard InChI is InChI=1S/C15H34N4O2S.HI/c1-3-5-6-7-8-9-10-11-12-18-15(17-4-2)19-13-14-22(16,20)21;/h3-14H2,1-2H3,(H2,16,20,21)(H2,17,18,19);1H. The molecule has 0 saturated carbocycles. The van der Waals surface area contributed by atoms with Gasteiger partial charge in [-0.25, -0.2) is 13.6 Å². The summed E-state index contributed by atoms with van der Waals surface area (Å²) >= 11 is 0. The lowest BCUT2D eigenvalue weighted by molar-refractivity contribution is 0.578. The fourth-order valence-electron chi connectivity index (χ4n) is 2.09. The number of rotatable bonds is 13. The molecule has 6 nitrogen and oxygen atoms in total. The average Bonchev–Trinajstić information content (AvgIpc) is 2.44. The highest BCUT2D eigenvalue weighted by atomic mass is 127. The van der Waals surface area contributed by atoms with E-state index in [1.807, 2.05) is 6.92 Å². The number of halogens is 1. The number of nitrogens with two attached hydrogens (primary N) is 1. The summed E-state index contributed by atoms with van der Waals surface area (Å²) in [6.45, 7) is 6.00. The van der Waals surface area contributed by atoms with Crippen molar-refractivity contribution in [1.82, 2.24) is 10.6 Å². The van der Waals surface area contributed by atoms with Crippen molar-refractivity contribution in [2.24, 2.45) is 10.1 Å². The van der Waals surface area contributed by atoms with Gasteiger partial charge in [0.25, 0.3) is 0 Å². The number of sulfonamides is 1. The molecular formula is C15H35IN4O2S. The van der Waals surface area contributed by atoms with E-state index >= 15 is 0 Å². The van der Waals surface area contributed by atoms with Gasteiger partial charge < -0.3 is 10.6 Å². The Morgan fingerprint density at radius 1 is 0.957 bits per heavy atom. The Morgan fingerprint density at radius 2 is 1.52 bits per heavy atom. The van der Waals surface area contributed by atoms with Crippen LogP contribution in [0.1, 0.15) is 65.2 Å². The van der Waals surface area contributed by atoms with Gasteiger partial charge in [-0.2, -0.15) is 0 Å². The van der Waals surface area contributed by atoms with E-state index in [-0.39, 0.29) is 36.3 Å². The molecule has 0 aliphatic rings. The zero-order chi connectivity index (χ0) is 16.7. The molecule has 0 fully saturated rings. The highest BCUT2D eigenvalue weighted by molar-refractivity contribution is 14.0. The van der Waals surface area contributed by atoms with E-state index in [0.29, 0.717) is 5.96 Å². The molecule has 0 aliphatic carbocycles. The maximum atomic E-state index is 10.9. The van der Waals surface area contributed by atoms with Crippen molar-refractivity contribution in [3.63, 3.8) is 0 Å². The second-order valence-corrected chi connectivity index (χ2v) is 7.26. The molecule has 0 spiro atoms. The van der Waals surface area contributed by atoms with E-state index in [0.717, 1.165) is 19.5 Å². The van der Waals surface area contributed by atoms with Crippen molar-refractivity contribution in [2.45, 2.75) is 65.2 Å². The van der Waals surface area contributed by atoms with Crippen LogP contribution in [0.4, 0.5) is 0 Å². The summed E-state index contributed by atoms with van der Waals surface area (Å²) in [5.74, 6) is 0.573. The molecule has 0 aliphatic heterocycles. The van der Waals surface area contributed by atoms with Crippen molar-refractivity contribution in [2.75, 3.05) is 25.4 Å². The lowest BCUT2D eigenvalue weighted by Crippen LogP contribution is -2.40. The van der Waals surface area contributed by atoms with Gasteiger partial charge >= 0.3 is 0 Å². The molecule has 8 heteroatoms. The van der Waals surface area contributed by atoms with Crippen molar-refractivity contribution in [3.8, 4) is 0 Å². The lowest BCUT2D eigenvalue weighted by Gasteiger charge is -2.10. The van der Waals surface area contributed by atoms with Gasteiger partial charge in [-0.15, -0.1) is 24.0 Å². The lowest BCUT2D eigenvalue weighted by atomic mass is 10.1. The number of aliphatic imine (C=N–C) groups is 1. The predicted molar refractivity (Wildman–Crippen MR) is 110 cm³/mol. The normalized spacial score (nSPS) is 11.9. The van der Waals surface area contributed by atoms with Crippen molar-refractivity contribution < 1.29 is 8.42 Å². The minimum Gasteiger partial charge on any atom is -0.357 e. The summed E-state index contributed by atoms with van der Waals surface area (Å²) in [5.41, 5.74) is 0. The average molecular weight is 462 g/mol. The molecule has 4 N–H and O–H groups in total. The highest BCUT2D eigenvalue weighted by Crippen LogP contribution is 2.08. The SMILES string of the molecule is CCCCCCCCCCN=C(NCC)NCCS(N)(=O)=O.I. The molecule has 0 amide bonds. The van der Waals surface area contributed by atoms with Crippen LogP contribution in [0.5, 0.6) is 0 Å². The van der Waals surface area contributed by atoms with Crippen molar-refractivity contribution in [1.29, 1.82) is 0 Å². The van der Waals surface area contributed by atoms with E-state index in [4.69, 9.17) is 5.14 Å². The third-order valence-corrected chi connectivity index (χ3v) is 4.08. The molecule has 0 aromatic rings. The van der Waals surface area contributed by atoms with Crippen LogP contribution in [0, 0.1) is 0 Å². The second-order valence-electron chi connectivity index (χ2n) is 5.53. The van der Waals surface area contributed by atoms with E-state index in [1.165, 1.54) is 44.9 Å². The Kier molecular flexibility index (Phi) is 18.3. The van der Waals surface area contributed by atoms with Crippen LogP contribution in [0.3, 0.4) is 0 Å². The smallest absolute Gasteiger partial charge is 0.210 e. The Hall–Kier alpha value is -0.0900. The number of hydrogen-bond donors (Lipinski definition) is 3. The van der Waals surface area contributed by atoms with Gasteiger partial charge in [0.05, 0.1) is 5.75 Å².